The molecule has 0 aliphatic rings. The van der Waals surface area contributed by atoms with E-state index in [2.05, 4.69) is 4.98 Å². The molecule has 1 heterocycles. The van der Waals surface area contributed by atoms with Crippen LogP contribution in [0.1, 0.15) is 21.5 Å². The fourth-order valence-corrected chi connectivity index (χ4v) is 2.05. The van der Waals surface area contributed by atoms with Gasteiger partial charge in [0.2, 0.25) is 0 Å². The summed E-state index contributed by atoms with van der Waals surface area (Å²) < 4.78 is 5.17. The summed E-state index contributed by atoms with van der Waals surface area (Å²) in [4.78, 5) is 18.1. The molecule has 5 nitrogen and oxygen atoms in total. The molecular weight excluding hydrogens is 266 g/mol. The van der Waals surface area contributed by atoms with E-state index in [0.29, 0.717) is 24.4 Å². The van der Waals surface area contributed by atoms with Crippen molar-refractivity contribution in [3.63, 3.8) is 0 Å². The van der Waals surface area contributed by atoms with Crippen LogP contribution in [-0.2, 0) is 13.1 Å². The van der Waals surface area contributed by atoms with Crippen LogP contribution in [0.25, 0.3) is 0 Å². The number of benzene rings is 1. The third kappa shape index (κ3) is 3.58. The lowest BCUT2D eigenvalue weighted by Gasteiger charge is -2.18. The lowest BCUT2D eigenvalue weighted by molar-refractivity contribution is 0.0781. The Morgan fingerprint density at radius 2 is 1.90 bits per heavy atom. The predicted molar refractivity (Wildman–Crippen MR) is 80.9 cm³/mol. The quantitative estimate of drug-likeness (QED) is 0.910. The van der Waals surface area contributed by atoms with E-state index in [0.717, 1.165) is 11.1 Å². The van der Waals surface area contributed by atoms with E-state index < -0.39 is 0 Å². The summed E-state index contributed by atoms with van der Waals surface area (Å²) >= 11 is 0. The van der Waals surface area contributed by atoms with Gasteiger partial charge >= 0.3 is 0 Å². The van der Waals surface area contributed by atoms with Crippen molar-refractivity contribution in [1.29, 1.82) is 0 Å². The molecule has 0 radical (unpaired) electrons. The Morgan fingerprint density at radius 1 is 1.24 bits per heavy atom. The molecule has 0 saturated carbocycles. The van der Waals surface area contributed by atoms with Crippen molar-refractivity contribution >= 4 is 5.91 Å². The third-order valence-electron chi connectivity index (χ3n) is 3.26. The lowest BCUT2D eigenvalue weighted by atomic mass is 10.1. The lowest BCUT2D eigenvalue weighted by Crippen LogP contribution is -2.26. The zero-order valence-corrected chi connectivity index (χ0v) is 12.2. The Morgan fingerprint density at radius 3 is 2.52 bits per heavy atom. The molecule has 0 aliphatic carbocycles. The normalized spacial score (nSPS) is 10.2. The predicted octanol–water partition coefficient (Wildman–Crippen LogP) is 1.82. The fourth-order valence-electron chi connectivity index (χ4n) is 2.05. The van der Waals surface area contributed by atoms with Gasteiger partial charge in [-0.15, -0.1) is 0 Å². The third-order valence-corrected chi connectivity index (χ3v) is 3.26. The summed E-state index contributed by atoms with van der Waals surface area (Å²) in [5.74, 6) is 0.380. The maximum absolute atomic E-state index is 12.4. The molecule has 2 rings (SSSR count). The van der Waals surface area contributed by atoms with E-state index in [1.165, 1.54) is 13.3 Å². The number of rotatable bonds is 5. The van der Waals surface area contributed by atoms with Crippen molar-refractivity contribution in [3.05, 3.63) is 59.4 Å². The second-order valence-electron chi connectivity index (χ2n) is 4.76. The van der Waals surface area contributed by atoms with Gasteiger partial charge in [-0.25, -0.2) is 0 Å². The molecule has 0 unspecified atom stereocenters. The van der Waals surface area contributed by atoms with Gasteiger partial charge in [0.1, 0.15) is 5.75 Å². The highest BCUT2D eigenvalue weighted by Gasteiger charge is 2.16. The van der Waals surface area contributed by atoms with E-state index >= 15 is 0 Å². The van der Waals surface area contributed by atoms with Crippen molar-refractivity contribution in [3.8, 4) is 5.75 Å². The average molecular weight is 285 g/mol. The zero-order valence-electron chi connectivity index (χ0n) is 12.2. The Kier molecular flexibility index (Phi) is 4.90. The van der Waals surface area contributed by atoms with E-state index in [-0.39, 0.29) is 5.91 Å². The summed E-state index contributed by atoms with van der Waals surface area (Å²) in [6, 6.07) is 9.57. The van der Waals surface area contributed by atoms with Crippen molar-refractivity contribution in [2.75, 3.05) is 14.2 Å². The molecule has 110 valence electrons. The van der Waals surface area contributed by atoms with Gasteiger partial charge in [0.25, 0.3) is 5.91 Å². The van der Waals surface area contributed by atoms with Gasteiger partial charge in [0, 0.05) is 26.3 Å². The molecule has 5 heteroatoms. The number of nitrogens with zero attached hydrogens (tertiary/aromatic N) is 2. The first-order valence-electron chi connectivity index (χ1n) is 6.67. The number of hydrogen-bond donors (Lipinski definition) is 1. The number of aromatic nitrogens is 1. The number of nitrogens with two attached hydrogens (primary N) is 1. The first-order valence-corrected chi connectivity index (χ1v) is 6.67. The summed E-state index contributed by atoms with van der Waals surface area (Å²) in [6.07, 6.45) is 3.12. The first-order chi connectivity index (χ1) is 10.2. The van der Waals surface area contributed by atoms with Crippen LogP contribution in [0.2, 0.25) is 0 Å². The Bertz CT molecular complexity index is 611. The molecule has 0 bridgehead atoms. The van der Waals surface area contributed by atoms with Gasteiger partial charge in [-0.05, 0) is 17.2 Å². The van der Waals surface area contributed by atoms with Gasteiger partial charge in [0.15, 0.2) is 0 Å². The second-order valence-corrected chi connectivity index (χ2v) is 4.76. The van der Waals surface area contributed by atoms with Crippen LogP contribution in [-0.4, -0.2) is 29.9 Å². The van der Waals surface area contributed by atoms with Crippen molar-refractivity contribution in [1.82, 2.24) is 9.88 Å². The van der Waals surface area contributed by atoms with Gasteiger partial charge in [-0.2, -0.15) is 0 Å². The Labute approximate surface area is 124 Å². The van der Waals surface area contributed by atoms with Crippen LogP contribution in [0.5, 0.6) is 5.75 Å². The second kappa shape index (κ2) is 6.85. The molecule has 1 aromatic heterocycles. The highest BCUT2D eigenvalue weighted by molar-refractivity contribution is 5.96. The Hall–Kier alpha value is -2.40. The number of carbonyl (C=O) groups excluding carboxylic acids is 1. The van der Waals surface area contributed by atoms with E-state index in [1.807, 2.05) is 24.3 Å². The van der Waals surface area contributed by atoms with Gasteiger partial charge < -0.3 is 15.4 Å². The number of methoxy groups -OCH3 is 1. The largest absolute Gasteiger partial charge is 0.494 e. The molecule has 2 aromatic rings. The number of hydrogen-bond acceptors (Lipinski definition) is 4. The van der Waals surface area contributed by atoms with Gasteiger partial charge in [-0.3, -0.25) is 9.78 Å². The van der Waals surface area contributed by atoms with Crippen LogP contribution < -0.4 is 10.5 Å². The molecule has 0 fully saturated rings. The molecule has 0 spiro atoms. The first kappa shape index (κ1) is 15.0. The van der Waals surface area contributed by atoms with Crippen molar-refractivity contribution in [2.24, 2.45) is 5.73 Å². The van der Waals surface area contributed by atoms with Crippen LogP contribution in [0.3, 0.4) is 0 Å². The fraction of sp³-hybridized carbons (Fsp3) is 0.250. The topological polar surface area (TPSA) is 68.5 Å². The van der Waals surface area contributed by atoms with Crippen molar-refractivity contribution in [2.45, 2.75) is 13.1 Å². The molecule has 0 saturated heterocycles. The van der Waals surface area contributed by atoms with Crippen LogP contribution in [0.4, 0.5) is 0 Å². The number of carbonyl (C=O) groups is 1. The van der Waals surface area contributed by atoms with Gasteiger partial charge in [0.05, 0.1) is 18.9 Å². The standard InChI is InChI=1S/C16H19N3O2/c1-19(11-13-5-3-12(9-17)4-6-13)16(20)14-7-8-18-10-15(14)21-2/h3-8,10H,9,11,17H2,1-2H3. The molecule has 1 amide bonds. The highest BCUT2D eigenvalue weighted by atomic mass is 16.5. The van der Waals surface area contributed by atoms with Crippen molar-refractivity contribution < 1.29 is 9.53 Å². The minimum Gasteiger partial charge on any atom is -0.494 e. The minimum absolute atomic E-state index is 0.0999. The smallest absolute Gasteiger partial charge is 0.257 e. The van der Waals surface area contributed by atoms with Crippen LogP contribution >= 0.6 is 0 Å². The number of ether oxygens (including phenoxy) is 1. The average Bonchev–Trinajstić information content (AvgIpc) is 2.54. The van der Waals surface area contributed by atoms with Gasteiger partial charge in [-0.1, -0.05) is 24.3 Å². The number of amides is 1. The summed E-state index contributed by atoms with van der Waals surface area (Å²) in [5, 5.41) is 0. The summed E-state index contributed by atoms with van der Waals surface area (Å²) in [5.41, 5.74) is 8.21. The number of pyridine rings is 1. The minimum atomic E-state index is -0.0999. The van der Waals surface area contributed by atoms with Crippen LogP contribution in [0, 0.1) is 0 Å². The molecule has 1 aromatic carbocycles. The highest BCUT2D eigenvalue weighted by Crippen LogP contribution is 2.18. The van der Waals surface area contributed by atoms with E-state index in [1.54, 1.807) is 24.2 Å². The summed E-state index contributed by atoms with van der Waals surface area (Å²) in [7, 11) is 3.29. The van der Waals surface area contributed by atoms with Crippen LogP contribution in [0.15, 0.2) is 42.7 Å². The van der Waals surface area contributed by atoms with E-state index in [4.69, 9.17) is 10.5 Å². The molecular formula is C16H19N3O2. The molecule has 0 aliphatic heterocycles. The maximum atomic E-state index is 12.4. The zero-order chi connectivity index (χ0) is 15.2. The summed E-state index contributed by atoms with van der Waals surface area (Å²) in [6.45, 7) is 1.04. The molecule has 0 atom stereocenters. The maximum Gasteiger partial charge on any atom is 0.257 e. The monoisotopic (exact) mass is 285 g/mol. The Balaban J connectivity index is 2.11. The SMILES string of the molecule is COc1cnccc1C(=O)N(C)Cc1ccc(CN)cc1. The van der Waals surface area contributed by atoms with E-state index in [9.17, 15) is 4.79 Å². The molecule has 2 N–H and O–H groups in total. The molecule has 21 heavy (non-hydrogen) atoms.